The second kappa shape index (κ2) is 8.17. The van der Waals surface area contributed by atoms with Crippen molar-refractivity contribution in [2.45, 2.75) is 44.8 Å². The largest absolute Gasteiger partial charge is 0.461 e. The molecule has 3 aromatic heterocycles. The molecule has 0 radical (unpaired) electrons. The molecule has 1 aliphatic rings. The van der Waals surface area contributed by atoms with E-state index in [0.29, 0.717) is 29.0 Å². The molecule has 0 aromatic carbocycles. The topological polar surface area (TPSA) is 111 Å². The van der Waals surface area contributed by atoms with E-state index in [2.05, 4.69) is 26.1 Å². The van der Waals surface area contributed by atoms with Gasteiger partial charge in [0.15, 0.2) is 11.5 Å². The highest BCUT2D eigenvalue weighted by atomic mass is 16.5. The van der Waals surface area contributed by atoms with Gasteiger partial charge in [0.05, 0.1) is 19.0 Å². The molecule has 3 aromatic rings. The van der Waals surface area contributed by atoms with E-state index in [4.69, 9.17) is 8.94 Å². The lowest BCUT2D eigenvalue weighted by Gasteiger charge is -2.23. The summed E-state index contributed by atoms with van der Waals surface area (Å²) in [6.45, 7) is 2.06. The zero-order valence-corrected chi connectivity index (χ0v) is 14.9. The van der Waals surface area contributed by atoms with Gasteiger partial charge in [-0.2, -0.15) is 0 Å². The second-order valence-electron chi connectivity index (χ2n) is 6.64. The molecule has 1 fully saturated rings. The highest BCUT2D eigenvalue weighted by Gasteiger charge is 2.15. The summed E-state index contributed by atoms with van der Waals surface area (Å²) in [4.78, 5) is 12.3. The number of hydrogen-bond acceptors (Lipinski definition) is 7. The molecule has 9 heteroatoms. The number of amides is 1. The van der Waals surface area contributed by atoms with E-state index in [0.717, 1.165) is 19.5 Å². The Balaban J connectivity index is 1.26. The monoisotopic (exact) mass is 370 g/mol. The average Bonchev–Trinajstić information content (AvgIpc) is 3.46. The summed E-state index contributed by atoms with van der Waals surface area (Å²) < 4.78 is 12.2. The van der Waals surface area contributed by atoms with Gasteiger partial charge in [0.2, 0.25) is 5.76 Å². The van der Waals surface area contributed by atoms with Crippen LogP contribution in [0.1, 0.15) is 41.9 Å². The number of carbonyl (C=O) groups is 1. The first kappa shape index (κ1) is 17.5. The predicted molar refractivity (Wildman–Crippen MR) is 95.7 cm³/mol. The summed E-state index contributed by atoms with van der Waals surface area (Å²) in [5.41, 5.74) is 0.895. The van der Waals surface area contributed by atoms with E-state index in [9.17, 15) is 4.79 Å². The van der Waals surface area contributed by atoms with Gasteiger partial charge in [-0.15, -0.1) is 5.10 Å². The summed E-state index contributed by atoms with van der Waals surface area (Å²) in [6.07, 6.45) is 7.94. The lowest BCUT2D eigenvalue weighted by atomic mass is 10.0. The first-order chi connectivity index (χ1) is 13.3. The quantitative estimate of drug-likeness (QED) is 0.654. The number of carbonyl (C=O) groups excluding carboxylic acids is 1. The third-order valence-corrected chi connectivity index (χ3v) is 4.64. The van der Waals surface area contributed by atoms with E-state index in [1.54, 1.807) is 35.3 Å². The smallest absolute Gasteiger partial charge is 0.273 e. The van der Waals surface area contributed by atoms with Crippen LogP contribution in [0.5, 0.6) is 0 Å². The van der Waals surface area contributed by atoms with Crippen LogP contribution < -0.4 is 10.6 Å². The summed E-state index contributed by atoms with van der Waals surface area (Å²) in [6, 6.07) is 5.81. The van der Waals surface area contributed by atoms with Crippen molar-refractivity contribution in [1.29, 1.82) is 0 Å². The van der Waals surface area contributed by atoms with Gasteiger partial charge < -0.3 is 19.6 Å². The van der Waals surface area contributed by atoms with Crippen molar-refractivity contribution in [3.63, 3.8) is 0 Å². The molecule has 0 spiro atoms. The molecule has 142 valence electrons. The molecule has 0 saturated carbocycles. The number of nitrogens with zero attached hydrogens (tertiary/aromatic N) is 4. The molecular formula is C18H22N6O3. The van der Waals surface area contributed by atoms with Crippen LogP contribution >= 0.6 is 0 Å². The number of nitrogens with one attached hydrogen (secondary N) is 2. The summed E-state index contributed by atoms with van der Waals surface area (Å²) in [5, 5.41) is 18.2. The molecule has 9 nitrogen and oxygen atoms in total. The van der Waals surface area contributed by atoms with E-state index < -0.39 is 0 Å². The van der Waals surface area contributed by atoms with Crippen LogP contribution in [0.2, 0.25) is 0 Å². The first-order valence-corrected chi connectivity index (χ1v) is 9.19. The third kappa shape index (κ3) is 4.43. The van der Waals surface area contributed by atoms with Gasteiger partial charge in [0.1, 0.15) is 5.69 Å². The van der Waals surface area contributed by atoms with Gasteiger partial charge in [-0.1, -0.05) is 16.8 Å². The Bertz CT molecular complexity index is 863. The highest BCUT2D eigenvalue weighted by molar-refractivity contribution is 5.91. The van der Waals surface area contributed by atoms with Gasteiger partial charge in [-0.3, -0.25) is 9.48 Å². The third-order valence-electron chi connectivity index (χ3n) is 4.64. The number of piperidine rings is 1. The fourth-order valence-electron chi connectivity index (χ4n) is 3.16. The molecule has 27 heavy (non-hydrogen) atoms. The zero-order valence-electron chi connectivity index (χ0n) is 14.9. The Morgan fingerprint density at radius 1 is 1.37 bits per heavy atom. The minimum atomic E-state index is -0.292. The Kier molecular flexibility index (Phi) is 5.29. The van der Waals surface area contributed by atoms with Crippen LogP contribution in [0.4, 0.5) is 0 Å². The number of aryl methyl sites for hydroxylation is 1. The van der Waals surface area contributed by atoms with Crippen molar-refractivity contribution in [2.24, 2.45) is 0 Å². The normalized spacial score (nSPS) is 17.1. The molecule has 2 N–H and O–H groups in total. The molecular weight excluding hydrogens is 348 g/mol. The van der Waals surface area contributed by atoms with Crippen LogP contribution in [0, 0.1) is 0 Å². The SMILES string of the molecule is O=C(NCc1cc(-c2ccco2)on1)c1cn(CC[C@H]2CCCCN2)nn1. The van der Waals surface area contributed by atoms with Crippen LogP contribution in [0.25, 0.3) is 11.5 Å². The first-order valence-electron chi connectivity index (χ1n) is 9.19. The summed E-state index contributed by atoms with van der Waals surface area (Å²) in [7, 11) is 0. The van der Waals surface area contributed by atoms with Gasteiger partial charge in [-0.05, 0) is 37.9 Å². The average molecular weight is 370 g/mol. The number of furan rings is 1. The Morgan fingerprint density at radius 3 is 3.15 bits per heavy atom. The van der Waals surface area contributed by atoms with E-state index in [1.165, 1.54) is 19.3 Å². The van der Waals surface area contributed by atoms with Gasteiger partial charge >= 0.3 is 0 Å². The molecule has 0 aliphatic carbocycles. The van der Waals surface area contributed by atoms with Gasteiger partial charge in [-0.25, -0.2) is 0 Å². The van der Waals surface area contributed by atoms with Crippen molar-refractivity contribution in [3.05, 3.63) is 42.0 Å². The van der Waals surface area contributed by atoms with E-state index in [-0.39, 0.29) is 12.5 Å². The van der Waals surface area contributed by atoms with Crippen molar-refractivity contribution >= 4 is 5.91 Å². The second-order valence-corrected chi connectivity index (χ2v) is 6.64. The lowest BCUT2D eigenvalue weighted by molar-refractivity contribution is 0.0945. The Morgan fingerprint density at radius 2 is 2.33 bits per heavy atom. The number of rotatable bonds is 7. The molecule has 1 amide bonds. The number of hydrogen-bond donors (Lipinski definition) is 2. The summed E-state index contributed by atoms with van der Waals surface area (Å²) in [5.74, 6) is 0.821. The number of aromatic nitrogens is 4. The van der Waals surface area contributed by atoms with Crippen LogP contribution in [0.15, 0.2) is 39.6 Å². The molecule has 1 aliphatic heterocycles. The molecule has 1 atom stereocenters. The highest BCUT2D eigenvalue weighted by Crippen LogP contribution is 2.20. The maximum atomic E-state index is 12.3. The fraction of sp³-hybridized carbons (Fsp3) is 0.444. The molecule has 4 rings (SSSR count). The summed E-state index contributed by atoms with van der Waals surface area (Å²) >= 11 is 0. The molecule has 0 unspecified atom stereocenters. The zero-order chi connectivity index (χ0) is 18.5. The predicted octanol–water partition coefficient (Wildman–Crippen LogP) is 1.99. The van der Waals surface area contributed by atoms with E-state index >= 15 is 0 Å². The van der Waals surface area contributed by atoms with Gasteiger partial charge in [0, 0.05) is 18.7 Å². The lowest BCUT2D eigenvalue weighted by Crippen LogP contribution is -2.34. The maximum absolute atomic E-state index is 12.3. The molecule has 1 saturated heterocycles. The fourth-order valence-corrected chi connectivity index (χ4v) is 3.16. The van der Waals surface area contributed by atoms with E-state index in [1.807, 2.05) is 0 Å². The molecule has 0 bridgehead atoms. The van der Waals surface area contributed by atoms with Crippen LogP contribution in [0.3, 0.4) is 0 Å². The minimum Gasteiger partial charge on any atom is -0.461 e. The van der Waals surface area contributed by atoms with Crippen molar-refractivity contribution < 1.29 is 13.7 Å². The van der Waals surface area contributed by atoms with Crippen LogP contribution in [-0.4, -0.2) is 38.6 Å². The standard InChI is InChI=1S/C18H22N6O3/c25-18(20-11-14-10-17(27-22-14)16-5-3-9-26-16)15-12-24(23-21-15)8-6-13-4-1-2-7-19-13/h3,5,9-10,12-13,19H,1-2,4,6-8,11H2,(H,20,25)/t13-/m1/s1. The van der Waals surface area contributed by atoms with Crippen molar-refractivity contribution in [1.82, 2.24) is 30.8 Å². The minimum absolute atomic E-state index is 0.238. The van der Waals surface area contributed by atoms with Crippen molar-refractivity contribution in [3.8, 4) is 11.5 Å². The Hall–Kier alpha value is -2.94. The van der Waals surface area contributed by atoms with Gasteiger partial charge in [0.25, 0.3) is 5.91 Å². The van der Waals surface area contributed by atoms with Crippen LogP contribution in [-0.2, 0) is 13.1 Å². The maximum Gasteiger partial charge on any atom is 0.273 e. The molecule has 4 heterocycles. The van der Waals surface area contributed by atoms with Crippen molar-refractivity contribution in [2.75, 3.05) is 6.54 Å². The Labute approximate surface area is 156 Å².